The van der Waals surface area contributed by atoms with E-state index < -0.39 is 0 Å². The largest absolute Gasteiger partial charge is 0.372 e. The van der Waals surface area contributed by atoms with Gasteiger partial charge >= 0.3 is 0 Å². The molecule has 104 valence electrons. The molecule has 0 aromatic carbocycles. The highest BCUT2D eigenvalue weighted by atomic mass is 16.1. The van der Waals surface area contributed by atoms with Crippen molar-refractivity contribution in [2.45, 2.75) is 31.8 Å². The van der Waals surface area contributed by atoms with Crippen molar-refractivity contribution in [1.29, 1.82) is 0 Å². The van der Waals surface area contributed by atoms with Crippen LogP contribution in [0.2, 0.25) is 0 Å². The summed E-state index contributed by atoms with van der Waals surface area (Å²) in [6.07, 6.45) is 4.23. The van der Waals surface area contributed by atoms with Crippen LogP contribution in [-0.2, 0) is 0 Å². The second-order valence-electron chi connectivity index (χ2n) is 5.11. The van der Waals surface area contributed by atoms with Crippen LogP contribution in [0.25, 0.3) is 0 Å². The smallest absolute Gasteiger partial charge is 0.255 e. The van der Waals surface area contributed by atoms with Gasteiger partial charge in [-0.05, 0) is 38.9 Å². The highest BCUT2D eigenvalue weighted by molar-refractivity contribution is 5.98. The minimum absolute atomic E-state index is 0.0755. The zero-order valence-electron chi connectivity index (χ0n) is 11.8. The molecule has 1 amide bonds. The lowest BCUT2D eigenvalue weighted by molar-refractivity contribution is 0.0940. The lowest BCUT2D eigenvalue weighted by atomic mass is 10.2. The standard InChI is InChI=1S/C14H22N4O/c1-10(18(3)11-6-7-11)9-17-14(19)12-5-4-8-16-13(12)15-2/h4-5,8,10-11H,6-7,9H2,1-3H3,(H,15,16)(H,17,19). The van der Waals surface area contributed by atoms with Crippen molar-refractivity contribution in [3.63, 3.8) is 0 Å². The van der Waals surface area contributed by atoms with E-state index in [9.17, 15) is 4.79 Å². The van der Waals surface area contributed by atoms with Gasteiger partial charge in [-0.25, -0.2) is 4.98 Å². The van der Waals surface area contributed by atoms with Gasteiger partial charge in [0.05, 0.1) is 5.56 Å². The maximum atomic E-state index is 12.1. The molecule has 1 aromatic heterocycles. The molecule has 1 aliphatic carbocycles. The molecule has 5 nitrogen and oxygen atoms in total. The number of hydrogen-bond acceptors (Lipinski definition) is 4. The molecule has 0 bridgehead atoms. The Kier molecular flexibility index (Phi) is 4.37. The topological polar surface area (TPSA) is 57.3 Å². The van der Waals surface area contributed by atoms with E-state index >= 15 is 0 Å². The number of amides is 1. The van der Waals surface area contributed by atoms with Crippen molar-refractivity contribution in [2.24, 2.45) is 0 Å². The molecule has 0 radical (unpaired) electrons. The highest BCUT2D eigenvalue weighted by Crippen LogP contribution is 2.26. The summed E-state index contributed by atoms with van der Waals surface area (Å²) in [7, 11) is 3.89. The number of nitrogens with zero attached hydrogens (tertiary/aromatic N) is 2. The predicted octanol–water partition coefficient (Wildman–Crippen LogP) is 1.34. The van der Waals surface area contributed by atoms with E-state index in [0.29, 0.717) is 30.0 Å². The SMILES string of the molecule is CNc1ncccc1C(=O)NCC(C)N(C)C1CC1. The van der Waals surface area contributed by atoms with E-state index in [1.54, 1.807) is 25.4 Å². The summed E-state index contributed by atoms with van der Waals surface area (Å²) in [6, 6.07) is 4.61. The number of hydrogen-bond donors (Lipinski definition) is 2. The molecule has 5 heteroatoms. The molecule has 0 saturated heterocycles. The molecule has 1 atom stereocenters. The Morgan fingerprint density at radius 1 is 1.58 bits per heavy atom. The van der Waals surface area contributed by atoms with Crippen molar-refractivity contribution in [2.75, 3.05) is 26.0 Å². The molecule has 0 aliphatic heterocycles. The van der Waals surface area contributed by atoms with Gasteiger partial charge in [-0.2, -0.15) is 0 Å². The average molecular weight is 262 g/mol. The Bertz CT molecular complexity index is 445. The van der Waals surface area contributed by atoms with Crippen molar-refractivity contribution in [3.05, 3.63) is 23.9 Å². The Balaban J connectivity index is 1.89. The predicted molar refractivity (Wildman–Crippen MR) is 76.4 cm³/mol. The summed E-state index contributed by atoms with van der Waals surface area (Å²) in [5, 5.41) is 5.91. The maximum absolute atomic E-state index is 12.1. The van der Waals surface area contributed by atoms with Gasteiger partial charge in [0, 0.05) is 31.9 Å². The van der Waals surface area contributed by atoms with Gasteiger partial charge in [0.25, 0.3) is 5.91 Å². The van der Waals surface area contributed by atoms with Crippen molar-refractivity contribution in [3.8, 4) is 0 Å². The first-order valence-corrected chi connectivity index (χ1v) is 6.76. The van der Waals surface area contributed by atoms with Gasteiger partial charge in [0.15, 0.2) is 0 Å². The van der Waals surface area contributed by atoms with Crippen LogP contribution >= 0.6 is 0 Å². The third-order valence-corrected chi connectivity index (χ3v) is 3.67. The number of aromatic nitrogens is 1. The summed E-state index contributed by atoms with van der Waals surface area (Å²) < 4.78 is 0. The van der Waals surface area contributed by atoms with Gasteiger partial charge < -0.3 is 10.6 Å². The molecule has 1 fully saturated rings. The minimum atomic E-state index is -0.0755. The number of pyridine rings is 1. The summed E-state index contributed by atoms with van der Waals surface area (Å²) >= 11 is 0. The summed E-state index contributed by atoms with van der Waals surface area (Å²) in [4.78, 5) is 18.6. The number of likely N-dealkylation sites (N-methyl/N-ethyl adjacent to an activating group) is 1. The van der Waals surface area contributed by atoms with E-state index in [-0.39, 0.29) is 5.91 Å². The van der Waals surface area contributed by atoms with Gasteiger partial charge in [-0.3, -0.25) is 9.69 Å². The van der Waals surface area contributed by atoms with Gasteiger partial charge in [0.1, 0.15) is 5.82 Å². The van der Waals surface area contributed by atoms with Gasteiger partial charge in [0.2, 0.25) is 0 Å². The van der Waals surface area contributed by atoms with Crippen LogP contribution in [0.15, 0.2) is 18.3 Å². The monoisotopic (exact) mass is 262 g/mol. The summed E-state index contributed by atoms with van der Waals surface area (Å²) in [5.74, 6) is 0.539. The first-order chi connectivity index (χ1) is 9.13. The first kappa shape index (κ1) is 13.8. The van der Waals surface area contributed by atoms with E-state index in [1.165, 1.54) is 12.8 Å². The van der Waals surface area contributed by atoms with Crippen molar-refractivity contribution < 1.29 is 4.79 Å². The molecule has 1 aromatic rings. The highest BCUT2D eigenvalue weighted by Gasteiger charge is 2.29. The zero-order chi connectivity index (χ0) is 13.8. The zero-order valence-corrected chi connectivity index (χ0v) is 11.8. The minimum Gasteiger partial charge on any atom is -0.372 e. The Morgan fingerprint density at radius 2 is 2.32 bits per heavy atom. The number of carbonyl (C=O) groups is 1. The van der Waals surface area contributed by atoms with Crippen molar-refractivity contribution >= 4 is 11.7 Å². The summed E-state index contributed by atoms with van der Waals surface area (Å²) in [6.45, 7) is 2.80. The lowest BCUT2D eigenvalue weighted by Gasteiger charge is -2.24. The second-order valence-corrected chi connectivity index (χ2v) is 5.11. The molecule has 2 N–H and O–H groups in total. The van der Waals surface area contributed by atoms with Gasteiger partial charge in [-0.1, -0.05) is 0 Å². The molecule has 2 rings (SSSR count). The Hall–Kier alpha value is -1.62. The maximum Gasteiger partial charge on any atom is 0.255 e. The Labute approximate surface area is 114 Å². The molecule has 1 saturated carbocycles. The fourth-order valence-corrected chi connectivity index (χ4v) is 2.11. The van der Waals surface area contributed by atoms with Crippen LogP contribution in [0.1, 0.15) is 30.1 Å². The van der Waals surface area contributed by atoms with E-state index in [4.69, 9.17) is 0 Å². The first-order valence-electron chi connectivity index (χ1n) is 6.76. The van der Waals surface area contributed by atoms with Crippen LogP contribution in [-0.4, -0.2) is 48.5 Å². The average Bonchev–Trinajstić information content (AvgIpc) is 3.28. The van der Waals surface area contributed by atoms with Crippen molar-refractivity contribution in [1.82, 2.24) is 15.2 Å². The molecule has 1 aliphatic rings. The van der Waals surface area contributed by atoms with Crippen LogP contribution in [0.3, 0.4) is 0 Å². The molecule has 0 spiro atoms. The third-order valence-electron chi connectivity index (χ3n) is 3.67. The van der Waals surface area contributed by atoms with Crippen LogP contribution in [0.4, 0.5) is 5.82 Å². The fraction of sp³-hybridized carbons (Fsp3) is 0.571. The fourth-order valence-electron chi connectivity index (χ4n) is 2.11. The number of anilines is 1. The van der Waals surface area contributed by atoms with E-state index in [1.807, 2.05) is 0 Å². The quantitative estimate of drug-likeness (QED) is 0.812. The Morgan fingerprint density at radius 3 is 2.95 bits per heavy atom. The molecule has 19 heavy (non-hydrogen) atoms. The molecular weight excluding hydrogens is 240 g/mol. The van der Waals surface area contributed by atoms with Gasteiger partial charge in [-0.15, -0.1) is 0 Å². The van der Waals surface area contributed by atoms with Crippen LogP contribution in [0.5, 0.6) is 0 Å². The third kappa shape index (κ3) is 3.44. The van der Waals surface area contributed by atoms with Crippen LogP contribution < -0.4 is 10.6 Å². The lowest BCUT2D eigenvalue weighted by Crippen LogP contribution is -2.41. The van der Waals surface area contributed by atoms with E-state index in [2.05, 4.69) is 34.5 Å². The molecular formula is C14H22N4O. The molecule has 1 heterocycles. The molecule has 1 unspecified atom stereocenters. The number of carbonyl (C=O) groups excluding carboxylic acids is 1. The number of rotatable bonds is 6. The van der Waals surface area contributed by atoms with Crippen LogP contribution in [0, 0.1) is 0 Å². The second kappa shape index (κ2) is 6.02. The normalized spacial score (nSPS) is 16.2. The number of nitrogens with one attached hydrogen (secondary N) is 2. The van der Waals surface area contributed by atoms with E-state index in [0.717, 1.165) is 0 Å². The summed E-state index contributed by atoms with van der Waals surface area (Å²) in [5.41, 5.74) is 0.589.